The summed E-state index contributed by atoms with van der Waals surface area (Å²) >= 11 is 1.44. The number of benzene rings is 2. The summed E-state index contributed by atoms with van der Waals surface area (Å²) in [4.78, 5) is 19.1. The van der Waals surface area contributed by atoms with Gasteiger partial charge in [0.1, 0.15) is 23.3 Å². The molecule has 1 aromatic heterocycles. The van der Waals surface area contributed by atoms with Gasteiger partial charge in [0.05, 0.1) is 11.3 Å². The third-order valence-electron chi connectivity index (χ3n) is 5.55. The number of allylic oxidation sites excluding steroid dienone is 1. The first-order valence-electron chi connectivity index (χ1n) is 11.3. The van der Waals surface area contributed by atoms with Gasteiger partial charge in [-0.1, -0.05) is 37.6 Å². The van der Waals surface area contributed by atoms with E-state index in [1.807, 2.05) is 5.38 Å². The number of likely N-dealkylation sites (N-methyl/N-ethyl adjacent to an activating group) is 1. The minimum Gasteiger partial charge on any atom is -0.461 e. The number of aromatic nitrogens is 1. The Morgan fingerprint density at radius 2 is 1.91 bits per heavy atom. The Labute approximate surface area is 205 Å². The molecule has 34 heavy (non-hydrogen) atoms. The number of ether oxygens (including phenoxy) is 1. The molecule has 1 N–H and O–H groups in total. The number of aryl methyl sites for hydroxylation is 2. The Kier molecular flexibility index (Phi) is 8.97. The summed E-state index contributed by atoms with van der Waals surface area (Å²) in [6.45, 7) is 11.3. The van der Waals surface area contributed by atoms with Crippen molar-refractivity contribution in [3.63, 3.8) is 0 Å². The number of hydrogen-bond donors (Lipinski definition) is 1. The molecule has 0 aliphatic rings. The predicted molar refractivity (Wildman–Crippen MR) is 139 cm³/mol. The SMILES string of the molecule is CCN(CC)CCOC(=O)c1ccc(N/C=C(/C#N)c2nc(-c3ccc(C)cc3C)cs2)cc1. The summed E-state index contributed by atoms with van der Waals surface area (Å²) in [6, 6.07) is 15.5. The number of anilines is 1. The molecule has 7 heteroatoms. The molecule has 1 heterocycles. The van der Waals surface area contributed by atoms with Crippen LogP contribution < -0.4 is 5.32 Å². The third kappa shape index (κ3) is 6.53. The molecular weight excluding hydrogens is 444 g/mol. The van der Waals surface area contributed by atoms with Crippen LogP contribution in [0.25, 0.3) is 16.8 Å². The first-order chi connectivity index (χ1) is 16.4. The molecule has 0 aliphatic heterocycles. The topological polar surface area (TPSA) is 78.2 Å². The molecule has 0 amide bonds. The van der Waals surface area contributed by atoms with Crippen molar-refractivity contribution in [1.82, 2.24) is 9.88 Å². The van der Waals surface area contributed by atoms with Gasteiger partial charge in [-0.05, 0) is 56.8 Å². The van der Waals surface area contributed by atoms with Gasteiger partial charge in [-0.2, -0.15) is 5.26 Å². The largest absolute Gasteiger partial charge is 0.461 e. The minimum atomic E-state index is -0.339. The zero-order chi connectivity index (χ0) is 24.5. The highest BCUT2D eigenvalue weighted by Gasteiger charge is 2.11. The predicted octanol–water partition coefficient (Wildman–Crippen LogP) is 5.90. The average molecular weight is 475 g/mol. The van der Waals surface area contributed by atoms with E-state index < -0.39 is 0 Å². The van der Waals surface area contributed by atoms with Crippen LogP contribution in [0.1, 0.15) is 40.3 Å². The van der Waals surface area contributed by atoms with Crippen molar-refractivity contribution in [2.45, 2.75) is 27.7 Å². The molecule has 6 nitrogen and oxygen atoms in total. The molecular formula is C27H30N4O2S. The maximum atomic E-state index is 12.3. The van der Waals surface area contributed by atoms with E-state index in [0.717, 1.165) is 42.1 Å². The molecule has 3 aromatic rings. The summed E-state index contributed by atoms with van der Waals surface area (Å²) in [6.07, 6.45) is 1.64. The van der Waals surface area contributed by atoms with Gasteiger partial charge < -0.3 is 15.0 Å². The van der Waals surface area contributed by atoms with Gasteiger partial charge in [0, 0.05) is 29.4 Å². The van der Waals surface area contributed by atoms with Crippen LogP contribution in [0.15, 0.2) is 54.0 Å². The quantitative estimate of drug-likeness (QED) is 0.291. The van der Waals surface area contributed by atoms with Crippen LogP contribution in [-0.2, 0) is 4.74 Å². The van der Waals surface area contributed by atoms with Crippen LogP contribution in [0.5, 0.6) is 0 Å². The van der Waals surface area contributed by atoms with E-state index in [0.29, 0.717) is 22.8 Å². The van der Waals surface area contributed by atoms with E-state index in [1.165, 1.54) is 16.9 Å². The fourth-order valence-corrected chi connectivity index (χ4v) is 4.30. The lowest BCUT2D eigenvalue weighted by Crippen LogP contribution is -2.27. The second-order valence-electron chi connectivity index (χ2n) is 7.91. The maximum absolute atomic E-state index is 12.3. The van der Waals surface area contributed by atoms with Crippen LogP contribution in [0, 0.1) is 25.2 Å². The van der Waals surface area contributed by atoms with Crippen molar-refractivity contribution >= 4 is 28.6 Å². The van der Waals surface area contributed by atoms with E-state index in [2.05, 4.69) is 67.2 Å². The van der Waals surface area contributed by atoms with Crippen molar-refractivity contribution in [2.75, 3.05) is 31.6 Å². The number of rotatable bonds is 10. The number of esters is 1. The summed E-state index contributed by atoms with van der Waals surface area (Å²) in [5.41, 5.74) is 5.99. The highest BCUT2D eigenvalue weighted by Crippen LogP contribution is 2.28. The lowest BCUT2D eigenvalue weighted by molar-refractivity contribution is 0.0466. The van der Waals surface area contributed by atoms with Crippen molar-refractivity contribution < 1.29 is 9.53 Å². The lowest BCUT2D eigenvalue weighted by atomic mass is 10.0. The number of carbonyl (C=O) groups excluding carboxylic acids is 1. The van der Waals surface area contributed by atoms with Gasteiger partial charge in [0.2, 0.25) is 0 Å². The van der Waals surface area contributed by atoms with Crippen molar-refractivity contribution in [3.8, 4) is 17.3 Å². The smallest absolute Gasteiger partial charge is 0.338 e. The molecule has 0 unspecified atom stereocenters. The number of carbonyl (C=O) groups is 1. The number of nitrogens with zero attached hydrogens (tertiary/aromatic N) is 3. The van der Waals surface area contributed by atoms with Crippen LogP contribution >= 0.6 is 11.3 Å². The van der Waals surface area contributed by atoms with Gasteiger partial charge in [0.15, 0.2) is 0 Å². The number of hydrogen-bond acceptors (Lipinski definition) is 7. The van der Waals surface area contributed by atoms with E-state index in [1.54, 1.807) is 30.5 Å². The first kappa shape index (κ1) is 25.2. The first-order valence-corrected chi connectivity index (χ1v) is 12.2. The van der Waals surface area contributed by atoms with E-state index >= 15 is 0 Å². The van der Waals surface area contributed by atoms with Gasteiger partial charge in [0.25, 0.3) is 0 Å². The van der Waals surface area contributed by atoms with Crippen LogP contribution in [-0.4, -0.2) is 42.1 Å². The van der Waals surface area contributed by atoms with Gasteiger partial charge in [-0.15, -0.1) is 11.3 Å². The highest BCUT2D eigenvalue weighted by molar-refractivity contribution is 7.11. The molecule has 0 radical (unpaired) electrons. The number of thiazole rings is 1. The average Bonchev–Trinajstić information content (AvgIpc) is 3.32. The van der Waals surface area contributed by atoms with Crippen LogP contribution in [0.2, 0.25) is 0 Å². The molecule has 0 saturated carbocycles. The van der Waals surface area contributed by atoms with Gasteiger partial charge in [-0.25, -0.2) is 9.78 Å². The molecule has 0 bridgehead atoms. The summed E-state index contributed by atoms with van der Waals surface area (Å²) < 4.78 is 5.37. The van der Waals surface area contributed by atoms with Gasteiger partial charge >= 0.3 is 5.97 Å². The van der Waals surface area contributed by atoms with E-state index in [9.17, 15) is 10.1 Å². The molecule has 176 valence electrons. The van der Waals surface area contributed by atoms with Crippen LogP contribution in [0.4, 0.5) is 5.69 Å². The van der Waals surface area contributed by atoms with E-state index in [4.69, 9.17) is 4.74 Å². The normalized spacial score (nSPS) is 11.4. The highest BCUT2D eigenvalue weighted by atomic mass is 32.1. The Balaban J connectivity index is 1.62. The minimum absolute atomic E-state index is 0.339. The molecule has 0 fully saturated rings. The van der Waals surface area contributed by atoms with Crippen molar-refractivity contribution in [3.05, 3.63) is 75.7 Å². The third-order valence-corrected chi connectivity index (χ3v) is 6.43. The molecule has 0 spiro atoms. The molecule has 3 rings (SSSR count). The molecule has 0 atom stereocenters. The summed E-state index contributed by atoms with van der Waals surface area (Å²) in [5, 5.41) is 15.4. The Bertz CT molecular complexity index is 1190. The van der Waals surface area contributed by atoms with Gasteiger partial charge in [-0.3, -0.25) is 0 Å². The summed E-state index contributed by atoms with van der Waals surface area (Å²) in [7, 11) is 0. The molecule has 0 aliphatic carbocycles. The lowest BCUT2D eigenvalue weighted by Gasteiger charge is -2.17. The second-order valence-corrected chi connectivity index (χ2v) is 8.77. The van der Waals surface area contributed by atoms with Crippen molar-refractivity contribution in [1.29, 1.82) is 5.26 Å². The zero-order valence-electron chi connectivity index (χ0n) is 20.1. The fraction of sp³-hybridized carbons (Fsp3) is 0.296. The monoisotopic (exact) mass is 474 g/mol. The Hall–Kier alpha value is -3.47. The Morgan fingerprint density at radius 1 is 1.18 bits per heavy atom. The standard InChI is InChI=1S/C27H30N4O2S/c1-5-31(6-2)13-14-33-27(32)21-8-10-23(11-9-21)29-17-22(16-28)26-30-25(18-34-26)24-12-7-19(3)15-20(24)4/h7-12,15,17-18,29H,5-6,13-14H2,1-4H3/b22-17-. The molecule has 0 saturated heterocycles. The zero-order valence-corrected chi connectivity index (χ0v) is 20.9. The number of nitriles is 1. The fourth-order valence-electron chi connectivity index (χ4n) is 3.51. The summed E-state index contributed by atoms with van der Waals surface area (Å²) in [5.74, 6) is -0.339. The maximum Gasteiger partial charge on any atom is 0.338 e. The van der Waals surface area contributed by atoms with Crippen molar-refractivity contribution in [2.24, 2.45) is 0 Å². The van der Waals surface area contributed by atoms with E-state index in [-0.39, 0.29) is 5.97 Å². The second kappa shape index (κ2) is 12.1. The molecule has 2 aromatic carbocycles. The number of nitrogens with one attached hydrogen (secondary N) is 1. The Morgan fingerprint density at radius 3 is 2.56 bits per heavy atom. The van der Waals surface area contributed by atoms with Crippen LogP contribution in [0.3, 0.4) is 0 Å².